The molecule has 0 spiro atoms. The summed E-state index contributed by atoms with van der Waals surface area (Å²) >= 11 is 0. The van der Waals surface area contributed by atoms with Gasteiger partial charge in [0.2, 0.25) is 11.8 Å². The van der Waals surface area contributed by atoms with Crippen molar-refractivity contribution in [3.8, 4) is 0 Å². The smallest absolute Gasteiger partial charge is 0.246 e. The van der Waals surface area contributed by atoms with E-state index < -0.39 is 0 Å². The predicted octanol–water partition coefficient (Wildman–Crippen LogP) is 1.71. The van der Waals surface area contributed by atoms with Crippen LogP contribution in [0, 0.1) is 5.92 Å². The fourth-order valence-corrected chi connectivity index (χ4v) is 3.22. The fourth-order valence-electron chi connectivity index (χ4n) is 3.22. The van der Waals surface area contributed by atoms with Crippen molar-refractivity contribution < 1.29 is 14.3 Å². The van der Waals surface area contributed by atoms with Gasteiger partial charge in [-0.2, -0.15) is 0 Å². The van der Waals surface area contributed by atoms with E-state index in [0.717, 1.165) is 38.7 Å². The number of amides is 2. The number of carbonyl (C=O) groups is 2. The second kappa shape index (κ2) is 7.25. The molecule has 5 nitrogen and oxygen atoms in total. The average molecular weight is 296 g/mol. The summed E-state index contributed by atoms with van der Waals surface area (Å²) in [6.45, 7) is 7.45. The van der Waals surface area contributed by atoms with Crippen LogP contribution in [0.4, 0.5) is 0 Å². The van der Waals surface area contributed by atoms with Crippen molar-refractivity contribution in [1.82, 2.24) is 10.2 Å². The van der Waals surface area contributed by atoms with Gasteiger partial charge in [0.25, 0.3) is 0 Å². The Bertz CT molecular complexity index is 378. The molecule has 0 aromatic carbocycles. The molecule has 2 aliphatic heterocycles. The Labute approximate surface area is 127 Å². The molecule has 0 aromatic heterocycles. The van der Waals surface area contributed by atoms with E-state index in [2.05, 4.69) is 5.32 Å². The second-order valence-electron chi connectivity index (χ2n) is 6.49. The summed E-state index contributed by atoms with van der Waals surface area (Å²) in [7, 11) is 0. The SMILES string of the molecule is CCCC1C(=O)NC(C(C)C)C(=O)N1CCC1CCCO1. The lowest BCUT2D eigenvalue weighted by Crippen LogP contribution is -2.64. The van der Waals surface area contributed by atoms with E-state index in [1.807, 2.05) is 20.8 Å². The molecule has 0 aliphatic carbocycles. The minimum atomic E-state index is -0.380. The molecular weight excluding hydrogens is 268 g/mol. The molecule has 2 rings (SSSR count). The molecule has 21 heavy (non-hydrogen) atoms. The normalized spacial score (nSPS) is 30.1. The van der Waals surface area contributed by atoms with Crippen LogP contribution in [0.1, 0.15) is 52.9 Å². The maximum atomic E-state index is 12.7. The van der Waals surface area contributed by atoms with Crippen LogP contribution in [-0.4, -0.2) is 48.1 Å². The minimum absolute atomic E-state index is 0.00231. The topological polar surface area (TPSA) is 58.6 Å². The summed E-state index contributed by atoms with van der Waals surface area (Å²) in [4.78, 5) is 26.8. The van der Waals surface area contributed by atoms with Crippen molar-refractivity contribution in [3.05, 3.63) is 0 Å². The molecule has 2 amide bonds. The lowest BCUT2D eigenvalue weighted by molar-refractivity contribution is -0.151. The van der Waals surface area contributed by atoms with Crippen LogP contribution in [0.25, 0.3) is 0 Å². The number of piperazine rings is 1. The van der Waals surface area contributed by atoms with Crippen molar-refractivity contribution in [3.63, 3.8) is 0 Å². The van der Waals surface area contributed by atoms with E-state index in [0.29, 0.717) is 6.54 Å². The third-order valence-corrected chi connectivity index (χ3v) is 4.47. The summed E-state index contributed by atoms with van der Waals surface area (Å²) < 4.78 is 5.64. The quantitative estimate of drug-likeness (QED) is 0.812. The Balaban J connectivity index is 2.05. The summed E-state index contributed by atoms with van der Waals surface area (Å²) in [6.07, 6.45) is 4.89. The Morgan fingerprint density at radius 3 is 2.67 bits per heavy atom. The summed E-state index contributed by atoms with van der Waals surface area (Å²) in [6, 6.07) is -0.686. The number of hydrogen-bond acceptors (Lipinski definition) is 3. The highest BCUT2D eigenvalue weighted by Gasteiger charge is 2.41. The Hall–Kier alpha value is -1.10. The first kappa shape index (κ1) is 16.3. The molecule has 0 bridgehead atoms. The molecule has 5 heteroatoms. The molecule has 2 aliphatic rings. The Kier molecular flexibility index (Phi) is 5.62. The Morgan fingerprint density at radius 1 is 1.33 bits per heavy atom. The van der Waals surface area contributed by atoms with E-state index in [4.69, 9.17) is 4.74 Å². The van der Waals surface area contributed by atoms with Gasteiger partial charge in [0, 0.05) is 13.2 Å². The average Bonchev–Trinajstić information content (AvgIpc) is 2.95. The van der Waals surface area contributed by atoms with E-state index in [9.17, 15) is 9.59 Å². The molecule has 3 atom stereocenters. The Morgan fingerprint density at radius 2 is 2.10 bits per heavy atom. The standard InChI is InChI=1S/C16H28N2O3/c1-4-6-13-15(19)17-14(11(2)3)16(20)18(13)9-8-12-7-5-10-21-12/h11-14H,4-10H2,1-3H3,(H,17,19). The van der Waals surface area contributed by atoms with Gasteiger partial charge in [0.15, 0.2) is 0 Å². The van der Waals surface area contributed by atoms with Crippen molar-refractivity contribution in [2.75, 3.05) is 13.2 Å². The molecule has 2 heterocycles. The first-order chi connectivity index (χ1) is 10.0. The zero-order chi connectivity index (χ0) is 15.4. The summed E-state index contributed by atoms with van der Waals surface area (Å²) in [5.74, 6) is 0.192. The van der Waals surface area contributed by atoms with Crippen LogP contribution in [0.3, 0.4) is 0 Å². The number of ether oxygens (including phenoxy) is 1. The van der Waals surface area contributed by atoms with Crippen molar-refractivity contribution >= 4 is 11.8 Å². The first-order valence-electron chi connectivity index (χ1n) is 8.27. The van der Waals surface area contributed by atoms with Crippen molar-refractivity contribution in [2.24, 2.45) is 5.92 Å². The van der Waals surface area contributed by atoms with E-state index in [1.165, 1.54) is 0 Å². The van der Waals surface area contributed by atoms with Gasteiger partial charge in [-0.3, -0.25) is 9.59 Å². The van der Waals surface area contributed by atoms with Gasteiger partial charge in [-0.15, -0.1) is 0 Å². The lowest BCUT2D eigenvalue weighted by atomic mass is 9.95. The molecule has 0 aromatic rings. The number of carbonyl (C=O) groups excluding carboxylic acids is 2. The maximum absolute atomic E-state index is 12.7. The molecule has 0 saturated carbocycles. The second-order valence-corrected chi connectivity index (χ2v) is 6.49. The van der Waals surface area contributed by atoms with Gasteiger partial charge in [-0.05, 0) is 31.6 Å². The molecule has 0 radical (unpaired) electrons. The monoisotopic (exact) mass is 296 g/mol. The molecule has 3 unspecified atom stereocenters. The van der Waals surface area contributed by atoms with Crippen LogP contribution < -0.4 is 5.32 Å². The van der Waals surface area contributed by atoms with E-state index in [-0.39, 0.29) is 35.9 Å². The van der Waals surface area contributed by atoms with Crippen LogP contribution in [0.2, 0.25) is 0 Å². The van der Waals surface area contributed by atoms with Gasteiger partial charge in [-0.25, -0.2) is 0 Å². The zero-order valence-electron chi connectivity index (χ0n) is 13.4. The number of nitrogens with one attached hydrogen (secondary N) is 1. The summed E-state index contributed by atoms with van der Waals surface area (Å²) in [5, 5.41) is 2.90. The molecule has 1 N–H and O–H groups in total. The fraction of sp³-hybridized carbons (Fsp3) is 0.875. The molecule has 2 fully saturated rings. The predicted molar refractivity (Wildman–Crippen MR) is 80.8 cm³/mol. The van der Waals surface area contributed by atoms with E-state index >= 15 is 0 Å². The maximum Gasteiger partial charge on any atom is 0.246 e. The summed E-state index contributed by atoms with van der Waals surface area (Å²) in [5.41, 5.74) is 0. The van der Waals surface area contributed by atoms with Gasteiger partial charge < -0.3 is 15.0 Å². The van der Waals surface area contributed by atoms with Crippen LogP contribution in [0.15, 0.2) is 0 Å². The number of nitrogens with zero attached hydrogens (tertiary/aromatic N) is 1. The lowest BCUT2D eigenvalue weighted by Gasteiger charge is -2.40. The molecular formula is C16H28N2O3. The largest absolute Gasteiger partial charge is 0.378 e. The zero-order valence-corrected chi connectivity index (χ0v) is 13.4. The molecule has 120 valence electrons. The van der Waals surface area contributed by atoms with Crippen molar-refractivity contribution in [2.45, 2.75) is 71.1 Å². The van der Waals surface area contributed by atoms with Crippen LogP contribution >= 0.6 is 0 Å². The highest BCUT2D eigenvalue weighted by atomic mass is 16.5. The van der Waals surface area contributed by atoms with Gasteiger partial charge in [0.05, 0.1) is 6.10 Å². The van der Waals surface area contributed by atoms with Crippen LogP contribution in [0.5, 0.6) is 0 Å². The van der Waals surface area contributed by atoms with Crippen LogP contribution in [-0.2, 0) is 14.3 Å². The van der Waals surface area contributed by atoms with Gasteiger partial charge >= 0.3 is 0 Å². The van der Waals surface area contributed by atoms with E-state index in [1.54, 1.807) is 4.90 Å². The van der Waals surface area contributed by atoms with Gasteiger partial charge in [0.1, 0.15) is 12.1 Å². The molecule has 2 saturated heterocycles. The highest BCUT2D eigenvalue weighted by molar-refractivity contribution is 5.97. The third kappa shape index (κ3) is 3.76. The highest BCUT2D eigenvalue weighted by Crippen LogP contribution is 2.22. The number of hydrogen-bond donors (Lipinski definition) is 1. The van der Waals surface area contributed by atoms with Gasteiger partial charge in [-0.1, -0.05) is 27.2 Å². The third-order valence-electron chi connectivity index (χ3n) is 4.47. The minimum Gasteiger partial charge on any atom is -0.378 e. The first-order valence-corrected chi connectivity index (χ1v) is 8.27. The number of rotatable bonds is 6. The van der Waals surface area contributed by atoms with Crippen molar-refractivity contribution in [1.29, 1.82) is 0 Å².